The molecule has 0 atom stereocenters. The predicted molar refractivity (Wildman–Crippen MR) is 54.8 cm³/mol. The van der Waals surface area contributed by atoms with Gasteiger partial charge < -0.3 is 10.1 Å². The Kier molecular flexibility index (Phi) is 6.77. The van der Waals surface area contributed by atoms with E-state index in [1.807, 2.05) is 0 Å². The van der Waals surface area contributed by atoms with Crippen molar-refractivity contribution in [1.82, 2.24) is 9.97 Å². The first-order chi connectivity index (χ1) is 6.68. The second-order valence-corrected chi connectivity index (χ2v) is 2.50. The van der Waals surface area contributed by atoms with Crippen molar-refractivity contribution in [3.8, 4) is 0 Å². The molecule has 4 nitrogen and oxygen atoms in total. The minimum Gasteiger partial charge on any atom is -0.478 e. The van der Waals surface area contributed by atoms with E-state index in [9.17, 15) is 4.79 Å². The van der Waals surface area contributed by atoms with Crippen LogP contribution in [0.15, 0.2) is 43.5 Å². The fraction of sp³-hybridized carbons (Fsp3) is 0.200. The van der Waals surface area contributed by atoms with Crippen LogP contribution in [0.3, 0.4) is 0 Å². The molecule has 0 spiro atoms. The van der Waals surface area contributed by atoms with Crippen LogP contribution in [0.4, 0.5) is 0 Å². The Morgan fingerprint density at radius 2 is 2.36 bits per heavy atom. The van der Waals surface area contributed by atoms with Crippen LogP contribution < -0.4 is 0 Å². The van der Waals surface area contributed by atoms with Crippen molar-refractivity contribution < 1.29 is 9.90 Å². The number of carbonyl (C=O) groups is 1. The third kappa shape index (κ3) is 6.84. The summed E-state index contributed by atoms with van der Waals surface area (Å²) in [5, 5.41) is 8.27. The summed E-state index contributed by atoms with van der Waals surface area (Å²) in [7, 11) is 0. The van der Waals surface area contributed by atoms with Gasteiger partial charge in [0.25, 0.3) is 0 Å². The van der Waals surface area contributed by atoms with Gasteiger partial charge in [-0.25, -0.2) is 9.78 Å². The maximum absolute atomic E-state index is 10.1. The molecule has 0 aromatic carbocycles. The van der Waals surface area contributed by atoms with E-state index < -0.39 is 5.97 Å². The van der Waals surface area contributed by atoms with E-state index in [4.69, 9.17) is 5.11 Å². The van der Waals surface area contributed by atoms with Gasteiger partial charge in [-0.1, -0.05) is 12.7 Å². The number of allylic oxidation sites excluding steroid dienone is 1. The van der Waals surface area contributed by atoms with E-state index in [1.54, 1.807) is 24.8 Å². The lowest BCUT2D eigenvalue weighted by molar-refractivity contribution is -0.132. The molecule has 14 heavy (non-hydrogen) atoms. The molecular weight excluding hydrogens is 180 g/mol. The van der Waals surface area contributed by atoms with Crippen LogP contribution in [0, 0.1) is 0 Å². The van der Waals surface area contributed by atoms with Crippen molar-refractivity contribution in [1.29, 1.82) is 0 Å². The lowest BCUT2D eigenvalue weighted by Gasteiger charge is -1.93. The van der Waals surface area contributed by atoms with E-state index in [0.717, 1.165) is 0 Å². The van der Waals surface area contributed by atoms with Gasteiger partial charge in [-0.05, 0) is 12.8 Å². The number of H-pyrrole nitrogens is 1. The second-order valence-electron chi connectivity index (χ2n) is 2.50. The zero-order chi connectivity index (χ0) is 10.8. The minimum absolute atomic E-state index is 0.245. The van der Waals surface area contributed by atoms with Gasteiger partial charge in [0, 0.05) is 18.0 Å². The molecule has 0 amide bonds. The molecule has 2 N–H and O–H groups in total. The van der Waals surface area contributed by atoms with E-state index in [2.05, 4.69) is 23.1 Å². The Morgan fingerprint density at radius 1 is 1.64 bits per heavy atom. The number of aromatic amines is 1. The van der Waals surface area contributed by atoms with Crippen molar-refractivity contribution in [3.63, 3.8) is 0 Å². The average molecular weight is 194 g/mol. The number of hydrogen-bond donors (Lipinski definition) is 2. The Hall–Kier alpha value is -1.84. The van der Waals surface area contributed by atoms with Gasteiger partial charge in [-0.2, -0.15) is 0 Å². The summed E-state index contributed by atoms with van der Waals surface area (Å²) in [6, 6.07) is 0. The zero-order valence-electron chi connectivity index (χ0n) is 7.94. The number of carboxylic acid groups (broad SMARTS) is 1. The van der Waals surface area contributed by atoms with Gasteiger partial charge >= 0.3 is 5.97 Å². The molecule has 0 aliphatic rings. The molecule has 0 radical (unpaired) electrons. The summed E-state index contributed by atoms with van der Waals surface area (Å²) in [6.07, 6.45) is 7.94. The van der Waals surface area contributed by atoms with Crippen LogP contribution in [0.5, 0.6) is 0 Å². The highest BCUT2D eigenvalue weighted by Gasteiger charge is 1.99. The van der Waals surface area contributed by atoms with E-state index in [0.29, 0.717) is 12.8 Å². The highest BCUT2D eigenvalue weighted by Crippen LogP contribution is 2.01. The highest BCUT2D eigenvalue weighted by atomic mass is 16.4. The second kappa shape index (κ2) is 7.79. The van der Waals surface area contributed by atoms with Crippen LogP contribution in [0.2, 0.25) is 0 Å². The summed E-state index contributed by atoms with van der Waals surface area (Å²) < 4.78 is 0. The highest BCUT2D eigenvalue weighted by molar-refractivity contribution is 5.85. The molecule has 0 saturated heterocycles. The lowest BCUT2D eigenvalue weighted by Crippen LogP contribution is -1.97. The molecule has 1 rings (SSSR count). The monoisotopic (exact) mass is 194 g/mol. The van der Waals surface area contributed by atoms with Gasteiger partial charge in [0.15, 0.2) is 0 Å². The molecule has 0 aliphatic heterocycles. The normalized spacial score (nSPS) is 8.29. The topological polar surface area (TPSA) is 66.0 Å². The smallest absolute Gasteiger partial charge is 0.330 e. The quantitative estimate of drug-likeness (QED) is 0.569. The lowest BCUT2D eigenvalue weighted by atomic mass is 10.2. The Balaban J connectivity index is 0.000000280. The summed E-state index contributed by atoms with van der Waals surface area (Å²) in [4.78, 5) is 16.5. The van der Waals surface area contributed by atoms with Gasteiger partial charge in [0.1, 0.15) is 0 Å². The molecule has 76 valence electrons. The third-order valence-corrected chi connectivity index (χ3v) is 1.36. The largest absolute Gasteiger partial charge is 0.478 e. The summed E-state index contributed by atoms with van der Waals surface area (Å²) in [5.41, 5.74) is 0.245. The molecule has 1 aromatic rings. The first-order valence-corrected chi connectivity index (χ1v) is 4.13. The summed E-state index contributed by atoms with van der Waals surface area (Å²) in [5.74, 6) is -0.920. The molecule has 1 heterocycles. The Bertz CT molecular complexity index is 261. The number of rotatable bonds is 4. The fourth-order valence-corrected chi connectivity index (χ4v) is 0.598. The van der Waals surface area contributed by atoms with Crippen LogP contribution in [-0.4, -0.2) is 21.0 Å². The SMILES string of the molecule is C=CCCC(=C)C(=O)O.c1c[nH]cn1. The maximum Gasteiger partial charge on any atom is 0.330 e. The minimum atomic E-state index is -0.920. The van der Waals surface area contributed by atoms with E-state index in [1.165, 1.54) is 0 Å². The summed E-state index contributed by atoms with van der Waals surface area (Å²) in [6.45, 7) is 6.80. The zero-order valence-corrected chi connectivity index (χ0v) is 7.94. The Morgan fingerprint density at radius 3 is 2.64 bits per heavy atom. The number of nitrogens with one attached hydrogen (secondary N) is 1. The van der Waals surface area contributed by atoms with Crippen molar-refractivity contribution in [2.24, 2.45) is 0 Å². The number of carboxylic acids is 1. The van der Waals surface area contributed by atoms with Gasteiger partial charge in [0.05, 0.1) is 6.33 Å². The predicted octanol–water partition coefficient (Wildman–Crippen LogP) is 2.00. The number of aromatic nitrogens is 2. The average Bonchev–Trinajstić information content (AvgIpc) is 2.71. The van der Waals surface area contributed by atoms with E-state index >= 15 is 0 Å². The number of nitrogens with zero attached hydrogens (tertiary/aromatic N) is 1. The molecule has 0 saturated carbocycles. The fourth-order valence-electron chi connectivity index (χ4n) is 0.598. The summed E-state index contributed by atoms with van der Waals surface area (Å²) >= 11 is 0. The Labute approximate surface area is 83.0 Å². The van der Waals surface area contributed by atoms with Crippen molar-refractivity contribution in [3.05, 3.63) is 43.5 Å². The van der Waals surface area contributed by atoms with Crippen LogP contribution in [0.25, 0.3) is 0 Å². The van der Waals surface area contributed by atoms with Crippen molar-refractivity contribution >= 4 is 5.97 Å². The van der Waals surface area contributed by atoms with Crippen LogP contribution in [0.1, 0.15) is 12.8 Å². The van der Waals surface area contributed by atoms with E-state index in [-0.39, 0.29) is 5.57 Å². The van der Waals surface area contributed by atoms with Crippen LogP contribution >= 0.6 is 0 Å². The molecule has 0 unspecified atom stereocenters. The van der Waals surface area contributed by atoms with Gasteiger partial charge in [0.2, 0.25) is 0 Å². The molecule has 0 bridgehead atoms. The standard InChI is InChI=1S/C7H10O2.C3H4N2/c1-3-4-5-6(2)7(8)9;1-2-5-3-4-1/h3H,1-2,4-5H2,(H,8,9);1-3H,(H,4,5). The van der Waals surface area contributed by atoms with Gasteiger partial charge in [-0.15, -0.1) is 6.58 Å². The third-order valence-electron chi connectivity index (χ3n) is 1.36. The number of hydrogen-bond acceptors (Lipinski definition) is 2. The first-order valence-electron chi connectivity index (χ1n) is 4.13. The maximum atomic E-state index is 10.1. The molecule has 0 fully saturated rings. The molecule has 4 heteroatoms. The number of aliphatic carboxylic acids is 1. The molecular formula is C10H14N2O2. The number of imidazole rings is 1. The van der Waals surface area contributed by atoms with Gasteiger partial charge in [-0.3, -0.25) is 0 Å². The first kappa shape index (κ1) is 12.2. The van der Waals surface area contributed by atoms with Crippen LogP contribution in [-0.2, 0) is 4.79 Å². The molecule has 1 aromatic heterocycles. The van der Waals surface area contributed by atoms with Crippen molar-refractivity contribution in [2.45, 2.75) is 12.8 Å². The van der Waals surface area contributed by atoms with Crippen molar-refractivity contribution in [2.75, 3.05) is 0 Å². The molecule has 0 aliphatic carbocycles.